The molecule has 200 valence electrons. The molecule has 0 aliphatic rings. The molecule has 0 spiro atoms. The summed E-state index contributed by atoms with van der Waals surface area (Å²) >= 11 is 1.83. The minimum atomic E-state index is 0.748. The van der Waals surface area contributed by atoms with Crippen LogP contribution in [0, 0.1) is 0 Å². The van der Waals surface area contributed by atoms with Gasteiger partial charge in [0, 0.05) is 36.7 Å². The fourth-order valence-corrected chi connectivity index (χ4v) is 7.49. The molecule has 0 aliphatic carbocycles. The van der Waals surface area contributed by atoms with Gasteiger partial charge in [-0.05, 0) is 69.1 Å². The van der Waals surface area contributed by atoms with Crippen LogP contribution >= 0.6 is 11.3 Å². The second kappa shape index (κ2) is 9.59. The summed E-state index contributed by atoms with van der Waals surface area (Å²) < 4.78 is 2.51. The Balaban J connectivity index is 1.34. The van der Waals surface area contributed by atoms with E-state index in [0.29, 0.717) is 0 Å². The van der Waals surface area contributed by atoms with Crippen LogP contribution in [0.3, 0.4) is 0 Å². The van der Waals surface area contributed by atoms with Crippen molar-refractivity contribution in [2.24, 2.45) is 0 Å². The lowest BCUT2D eigenvalue weighted by Crippen LogP contribution is -1.96. The summed E-state index contributed by atoms with van der Waals surface area (Å²) in [6, 6.07) is 52.0. The Hall–Kier alpha value is -5.38. The smallest absolute Gasteiger partial charge is 0.161 e. The molecule has 2 nitrogen and oxygen atoms in total. The van der Waals surface area contributed by atoms with E-state index in [1.165, 1.54) is 52.8 Å². The maximum absolute atomic E-state index is 5.36. The van der Waals surface area contributed by atoms with E-state index < -0.39 is 0 Å². The molecule has 0 bridgehead atoms. The fraction of sp³-hybridized carbons (Fsp3) is 0. The molecule has 9 aromatic rings. The van der Waals surface area contributed by atoms with E-state index in [9.17, 15) is 0 Å². The van der Waals surface area contributed by atoms with Crippen LogP contribution in [0.2, 0.25) is 0 Å². The third-order valence-corrected chi connectivity index (χ3v) is 9.55. The largest absolute Gasteiger partial charge is 0.228 e. The summed E-state index contributed by atoms with van der Waals surface area (Å²) in [5, 5.41) is 8.41. The minimum absolute atomic E-state index is 0.748. The average molecular weight is 565 g/mol. The van der Waals surface area contributed by atoms with Gasteiger partial charge in [0.1, 0.15) is 0 Å². The van der Waals surface area contributed by atoms with E-state index in [2.05, 4.69) is 146 Å². The number of benzene rings is 7. The highest BCUT2D eigenvalue weighted by Gasteiger charge is 2.18. The van der Waals surface area contributed by atoms with Gasteiger partial charge < -0.3 is 0 Å². The van der Waals surface area contributed by atoms with E-state index in [1.54, 1.807) is 0 Å². The third-order valence-electron chi connectivity index (χ3n) is 8.43. The molecule has 9 rings (SSSR count). The normalized spacial score (nSPS) is 11.7. The van der Waals surface area contributed by atoms with Crippen molar-refractivity contribution >= 4 is 64.0 Å². The number of thiophene rings is 1. The van der Waals surface area contributed by atoms with Crippen LogP contribution in [0.15, 0.2) is 146 Å². The summed E-state index contributed by atoms with van der Waals surface area (Å²) in [7, 11) is 0. The molecule has 2 aromatic heterocycles. The summed E-state index contributed by atoms with van der Waals surface area (Å²) in [5.74, 6) is 0.748. The van der Waals surface area contributed by atoms with Crippen molar-refractivity contribution in [2.75, 3.05) is 0 Å². The van der Waals surface area contributed by atoms with Crippen molar-refractivity contribution in [3.8, 4) is 33.8 Å². The lowest BCUT2D eigenvalue weighted by atomic mass is 9.96. The molecule has 0 N–H and O–H groups in total. The first-order chi connectivity index (χ1) is 21.3. The lowest BCUT2D eigenvalue weighted by molar-refractivity contribution is 1.24. The molecule has 0 amide bonds. The Morgan fingerprint density at radius 2 is 1.05 bits per heavy atom. The molecule has 0 unspecified atom stereocenters. The number of para-hydroxylation sites is 1. The zero-order chi connectivity index (χ0) is 28.3. The Labute approximate surface area is 252 Å². The Kier molecular flexibility index (Phi) is 5.40. The highest BCUT2D eigenvalue weighted by Crippen LogP contribution is 2.43. The first-order valence-electron chi connectivity index (χ1n) is 14.5. The van der Waals surface area contributed by atoms with Gasteiger partial charge in [-0.25, -0.2) is 9.97 Å². The van der Waals surface area contributed by atoms with Crippen LogP contribution in [-0.2, 0) is 0 Å². The highest BCUT2D eigenvalue weighted by molar-refractivity contribution is 7.26. The maximum Gasteiger partial charge on any atom is 0.161 e. The third kappa shape index (κ3) is 4.01. The van der Waals surface area contributed by atoms with Crippen molar-refractivity contribution in [2.45, 2.75) is 0 Å². The van der Waals surface area contributed by atoms with Gasteiger partial charge in [0.15, 0.2) is 5.82 Å². The Morgan fingerprint density at radius 3 is 1.84 bits per heavy atom. The van der Waals surface area contributed by atoms with Gasteiger partial charge in [-0.1, -0.05) is 109 Å². The van der Waals surface area contributed by atoms with Gasteiger partial charge in [-0.3, -0.25) is 0 Å². The number of rotatable bonds is 3. The second-order valence-electron chi connectivity index (χ2n) is 11.0. The molecular formula is C40H24N2S. The standard InChI is InChI=1S/C40H24N2S/c1-3-11-27-21-29(19-17-25(27)9-1)31-23-34(38-33-14-6-8-16-36(33)43-37(38)24-31)40-41-35-15-7-5-13-32(35)39(42-40)30-20-18-26-10-2-4-12-28(26)22-30/h1-24H. The summed E-state index contributed by atoms with van der Waals surface area (Å²) in [5.41, 5.74) is 6.41. The zero-order valence-corrected chi connectivity index (χ0v) is 24.0. The van der Waals surface area contributed by atoms with Gasteiger partial charge in [0.2, 0.25) is 0 Å². The van der Waals surface area contributed by atoms with Gasteiger partial charge in [0.05, 0.1) is 11.2 Å². The van der Waals surface area contributed by atoms with Gasteiger partial charge in [-0.15, -0.1) is 11.3 Å². The summed E-state index contributed by atoms with van der Waals surface area (Å²) in [4.78, 5) is 10.6. The molecule has 7 aromatic carbocycles. The van der Waals surface area contributed by atoms with Crippen LogP contribution in [0.1, 0.15) is 0 Å². The van der Waals surface area contributed by atoms with E-state index in [0.717, 1.165) is 33.5 Å². The number of hydrogen-bond acceptors (Lipinski definition) is 3. The Bertz CT molecular complexity index is 2520. The fourth-order valence-electron chi connectivity index (χ4n) is 6.32. The molecule has 0 saturated heterocycles. The molecular weight excluding hydrogens is 541 g/mol. The van der Waals surface area contributed by atoms with Gasteiger partial charge in [0.25, 0.3) is 0 Å². The predicted molar refractivity (Wildman–Crippen MR) is 184 cm³/mol. The van der Waals surface area contributed by atoms with Gasteiger partial charge >= 0.3 is 0 Å². The van der Waals surface area contributed by atoms with Crippen molar-refractivity contribution < 1.29 is 0 Å². The van der Waals surface area contributed by atoms with Crippen molar-refractivity contribution in [1.29, 1.82) is 0 Å². The maximum atomic E-state index is 5.36. The number of aromatic nitrogens is 2. The predicted octanol–water partition coefficient (Wildman–Crippen LogP) is 11.3. The minimum Gasteiger partial charge on any atom is -0.228 e. The Morgan fingerprint density at radius 1 is 0.419 bits per heavy atom. The summed E-state index contributed by atoms with van der Waals surface area (Å²) in [6.07, 6.45) is 0. The van der Waals surface area contributed by atoms with E-state index in [1.807, 2.05) is 11.3 Å². The van der Waals surface area contributed by atoms with E-state index in [-0.39, 0.29) is 0 Å². The molecule has 2 heterocycles. The quantitative estimate of drug-likeness (QED) is 0.213. The number of hydrogen-bond donors (Lipinski definition) is 0. The second-order valence-corrected chi connectivity index (χ2v) is 12.1. The lowest BCUT2D eigenvalue weighted by Gasteiger charge is -2.13. The van der Waals surface area contributed by atoms with Crippen LogP contribution in [0.5, 0.6) is 0 Å². The first kappa shape index (κ1) is 24.2. The molecule has 0 radical (unpaired) electrons. The molecule has 3 heteroatoms. The van der Waals surface area contributed by atoms with Crippen molar-refractivity contribution in [1.82, 2.24) is 9.97 Å². The molecule has 0 aliphatic heterocycles. The molecule has 0 saturated carbocycles. The van der Waals surface area contributed by atoms with Crippen molar-refractivity contribution in [3.05, 3.63) is 146 Å². The van der Waals surface area contributed by atoms with E-state index >= 15 is 0 Å². The first-order valence-corrected chi connectivity index (χ1v) is 15.3. The molecule has 0 fully saturated rings. The zero-order valence-electron chi connectivity index (χ0n) is 23.2. The average Bonchev–Trinajstić information content (AvgIpc) is 3.45. The SMILES string of the molecule is c1ccc2cc(-c3cc(-c4nc(-c5ccc6ccccc6c5)c5ccccc5n4)c4c(c3)sc3ccccc34)ccc2c1. The molecule has 43 heavy (non-hydrogen) atoms. The van der Waals surface area contributed by atoms with E-state index in [4.69, 9.17) is 9.97 Å². The van der Waals surface area contributed by atoms with Crippen LogP contribution < -0.4 is 0 Å². The number of fused-ring (bicyclic) bond motifs is 6. The van der Waals surface area contributed by atoms with Crippen LogP contribution in [0.25, 0.3) is 86.4 Å². The van der Waals surface area contributed by atoms with Crippen molar-refractivity contribution in [3.63, 3.8) is 0 Å². The summed E-state index contributed by atoms with van der Waals surface area (Å²) in [6.45, 7) is 0. The monoisotopic (exact) mass is 564 g/mol. The topological polar surface area (TPSA) is 25.8 Å². The molecule has 0 atom stereocenters. The highest BCUT2D eigenvalue weighted by atomic mass is 32.1. The van der Waals surface area contributed by atoms with Gasteiger partial charge in [-0.2, -0.15) is 0 Å². The van der Waals surface area contributed by atoms with Crippen LogP contribution in [-0.4, -0.2) is 9.97 Å². The number of nitrogens with zero attached hydrogens (tertiary/aromatic N) is 2. The van der Waals surface area contributed by atoms with Crippen LogP contribution in [0.4, 0.5) is 0 Å².